The molecular weight excluding hydrogens is 432 g/mol. The first-order chi connectivity index (χ1) is 13.8. The van der Waals surface area contributed by atoms with Gasteiger partial charge in [0.15, 0.2) is 0 Å². The van der Waals surface area contributed by atoms with Gasteiger partial charge in [0.2, 0.25) is 10.0 Å². The molecule has 7 nitrogen and oxygen atoms in total. The Kier molecular flexibility index (Phi) is 7.33. The summed E-state index contributed by atoms with van der Waals surface area (Å²) >= 11 is 1.20. The number of rotatable bonds is 9. The zero-order valence-electron chi connectivity index (χ0n) is 16.3. The third kappa shape index (κ3) is 5.37. The van der Waals surface area contributed by atoms with Crippen molar-refractivity contribution in [3.8, 4) is 5.75 Å². The zero-order valence-corrected chi connectivity index (χ0v) is 18.7. The summed E-state index contributed by atoms with van der Waals surface area (Å²) in [4.78, 5) is 0.160. The molecule has 10 heteroatoms. The van der Waals surface area contributed by atoms with Gasteiger partial charge in [0.25, 0.3) is 10.0 Å². The first-order valence-electron chi connectivity index (χ1n) is 9.62. The van der Waals surface area contributed by atoms with Gasteiger partial charge < -0.3 is 4.74 Å². The van der Waals surface area contributed by atoms with Crippen LogP contribution in [0.3, 0.4) is 0 Å². The lowest BCUT2D eigenvalue weighted by atomic mass is 10.0. The summed E-state index contributed by atoms with van der Waals surface area (Å²) in [7, 11) is -7.20. The number of thiophene rings is 1. The van der Waals surface area contributed by atoms with E-state index in [-0.39, 0.29) is 17.5 Å². The molecule has 0 spiro atoms. The van der Waals surface area contributed by atoms with Gasteiger partial charge in [-0.2, -0.15) is 4.31 Å². The maximum atomic E-state index is 12.9. The van der Waals surface area contributed by atoms with Crippen LogP contribution in [0, 0.1) is 0 Å². The average molecular weight is 459 g/mol. The number of piperidine rings is 1. The molecule has 0 bridgehead atoms. The number of ether oxygens (including phenoxy) is 1. The first kappa shape index (κ1) is 22.2. The minimum absolute atomic E-state index is 0.160. The van der Waals surface area contributed by atoms with E-state index in [0.717, 1.165) is 19.3 Å². The number of hydrogen-bond donors (Lipinski definition) is 1. The molecule has 160 valence electrons. The lowest BCUT2D eigenvalue weighted by molar-refractivity contribution is 0.242. The summed E-state index contributed by atoms with van der Waals surface area (Å²) in [5.74, 6) is 0.614. The highest BCUT2D eigenvalue weighted by Crippen LogP contribution is 2.29. The van der Waals surface area contributed by atoms with Gasteiger partial charge in [0.05, 0.1) is 11.5 Å². The van der Waals surface area contributed by atoms with Crippen LogP contribution in [0.1, 0.15) is 32.6 Å². The van der Waals surface area contributed by atoms with Crippen molar-refractivity contribution in [3.05, 3.63) is 41.8 Å². The maximum Gasteiger partial charge on any atom is 0.252 e. The standard InChI is InChI=1S/C19H26N2O5S3/c1-2-26-17-8-10-18(11-9-17)28(22,23)20-13-12-16-6-3-4-14-21(16)29(24,25)19-7-5-15-27-19/h5,7-11,15-16,20H,2-4,6,12-14H2,1H3. The molecule has 1 aromatic heterocycles. The van der Waals surface area contributed by atoms with Crippen LogP contribution in [0.5, 0.6) is 5.75 Å². The Balaban J connectivity index is 1.63. The van der Waals surface area contributed by atoms with Crippen molar-refractivity contribution in [2.75, 3.05) is 19.7 Å². The number of nitrogens with one attached hydrogen (secondary N) is 1. The molecule has 1 aromatic carbocycles. The Labute approximate surface area is 176 Å². The molecule has 2 aromatic rings. The third-order valence-electron chi connectivity index (χ3n) is 4.85. The topological polar surface area (TPSA) is 92.8 Å². The van der Waals surface area contributed by atoms with E-state index in [1.807, 2.05) is 6.92 Å². The minimum Gasteiger partial charge on any atom is -0.494 e. The van der Waals surface area contributed by atoms with Crippen LogP contribution in [0.4, 0.5) is 0 Å². The first-order valence-corrected chi connectivity index (χ1v) is 13.4. The van der Waals surface area contributed by atoms with Crippen molar-refractivity contribution in [1.29, 1.82) is 0 Å². The minimum atomic E-state index is -3.66. The third-order valence-corrected chi connectivity index (χ3v) is 9.65. The normalized spacial score (nSPS) is 18.6. The Morgan fingerprint density at radius 1 is 1.14 bits per heavy atom. The van der Waals surface area contributed by atoms with Gasteiger partial charge >= 0.3 is 0 Å². The maximum absolute atomic E-state index is 12.9. The molecule has 0 saturated carbocycles. The lowest BCUT2D eigenvalue weighted by Gasteiger charge is -2.34. The van der Waals surface area contributed by atoms with E-state index in [9.17, 15) is 16.8 Å². The van der Waals surface area contributed by atoms with Crippen LogP contribution >= 0.6 is 11.3 Å². The molecule has 1 aliphatic heterocycles. The predicted molar refractivity (Wildman–Crippen MR) is 113 cm³/mol. The second-order valence-electron chi connectivity index (χ2n) is 6.79. The van der Waals surface area contributed by atoms with Crippen molar-refractivity contribution in [1.82, 2.24) is 9.03 Å². The summed E-state index contributed by atoms with van der Waals surface area (Å²) in [6, 6.07) is 9.37. The molecule has 1 N–H and O–H groups in total. The van der Waals surface area contributed by atoms with Crippen molar-refractivity contribution < 1.29 is 21.6 Å². The summed E-state index contributed by atoms with van der Waals surface area (Å²) < 4.78 is 60.7. The lowest BCUT2D eigenvalue weighted by Crippen LogP contribution is -2.44. The molecular formula is C19H26N2O5S3. The van der Waals surface area contributed by atoms with Gasteiger partial charge in [0.1, 0.15) is 9.96 Å². The van der Waals surface area contributed by atoms with E-state index in [4.69, 9.17) is 4.74 Å². The van der Waals surface area contributed by atoms with Crippen LogP contribution in [-0.2, 0) is 20.0 Å². The van der Waals surface area contributed by atoms with Crippen molar-refractivity contribution in [2.24, 2.45) is 0 Å². The molecule has 29 heavy (non-hydrogen) atoms. The molecule has 0 radical (unpaired) electrons. The highest BCUT2D eigenvalue weighted by Gasteiger charge is 2.34. The van der Waals surface area contributed by atoms with Crippen LogP contribution in [0.15, 0.2) is 50.9 Å². The fraction of sp³-hybridized carbons (Fsp3) is 0.474. The van der Waals surface area contributed by atoms with E-state index in [2.05, 4.69) is 4.72 Å². The number of hydrogen-bond acceptors (Lipinski definition) is 6. The molecule has 1 fully saturated rings. The molecule has 1 saturated heterocycles. The molecule has 0 aliphatic carbocycles. The summed E-state index contributed by atoms with van der Waals surface area (Å²) in [6.45, 7) is 3.02. The molecule has 1 aliphatic rings. The summed E-state index contributed by atoms with van der Waals surface area (Å²) in [6.07, 6.45) is 2.92. The van der Waals surface area contributed by atoms with E-state index in [1.165, 1.54) is 27.8 Å². The quantitative estimate of drug-likeness (QED) is 0.623. The van der Waals surface area contributed by atoms with Crippen LogP contribution in [0.2, 0.25) is 0 Å². The van der Waals surface area contributed by atoms with E-state index >= 15 is 0 Å². The van der Waals surface area contributed by atoms with E-state index in [0.29, 0.717) is 29.5 Å². The molecule has 2 heterocycles. The van der Waals surface area contributed by atoms with Crippen LogP contribution in [-0.4, -0.2) is 46.9 Å². The van der Waals surface area contributed by atoms with Crippen molar-refractivity contribution in [2.45, 2.75) is 47.8 Å². The second kappa shape index (κ2) is 9.57. The molecule has 1 unspecified atom stereocenters. The van der Waals surface area contributed by atoms with Gasteiger partial charge in [-0.25, -0.2) is 21.6 Å². The molecule has 0 amide bonds. The Bertz CT molecular complexity index is 987. The van der Waals surface area contributed by atoms with Crippen LogP contribution in [0.25, 0.3) is 0 Å². The molecule has 1 atom stereocenters. The second-order valence-corrected chi connectivity index (χ2v) is 11.6. The van der Waals surface area contributed by atoms with Gasteiger partial charge in [-0.1, -0.05) is 12.5 Å². The fourth-order valence-electron chi connectivity index (χ4n) is 3.43. The van der Waals surface area contributed by atoms with Gasteiger partial charge in [-0.15, -0.1) is 11.3 Å². The average Bonchev–Trinajstić information content (AvgIpc) is 3.25. The summed E-state index contributed by atoms with van der Waals surface area (Å²) in [5, 5.41) is 1.75. The highest BCUT2D eigenvalue weighted by molar-refractivity contribution is 7.91. The van der Waals surface area contributed by atoms with Crippen molar-refractivity contribution >= 4 is 31.4 Å². The van der Waals surface area contributed by atoms with E-state index < -0.39 is 20.0 Å². The van der Waals surface area contributed by atoms with Gasteiger partial charge in [-0.3, -0.25) is 0 Å². The fourth-order valence-corrected chi connectivity index (χ4v) is 7.32. The number of nitrogens with zero attached hydrogens (tertiary/aromatic N) is 1. The predicted octanol–water partition coefficient (Wildman–Crippen LogP) is 3.06. The summed E-state index contributed by atoms with van der Waals surface area (Å²) in [5.41, 5.74) is 0. The zero-order chi connectivity index (χ0) is 20.9. The highest BCUT2D eigenvalue weighted by atomic mass is 32.2. The van der Waals surface area contributed by atoms with Crippen LogP contribution < -0.4 is 9.46 Å². The molecule has 3 rings (SSSR count). The largest absolute Gasteiger partial charge is 0.494 e. The number of benzene rings is 1. The Morgan fingerprint density at radius 3 is 2.55 bits per heavy atom. The van der Waals surface area contributed by atoms with E-state index in [1.54, 1.807) is 29.6 Å². The van der Waals surface area contributed by atoms with Gasteiger partial charge in [0, 0.05) is 19.1 Å². The number of sulfonamides is 2. The monoisotopic (exact) mass is 458 g/mol. The van der Waals surface area contributed by atoms with Crippen molar-refractivity contribution in [3.63, 3.8) is 0 Å². The smallest absolute Gasteiger partial charge is 0.252 e. The van der Waals surface area contributed by atoms with Gasteiger partial charge in [-0.05, 0) is 61.9 Å². The Morgan fingerprint density at radius 2 is 1.90 bits per heavy atom. The Hall–Kier alpha value is -1.46. The SMILES string of the molecule is CCOc1ccc(S(=O)(=O)NCCC2CCCCN2S(=O)(=O)c2cccs2)cc1.